The third-order valence-corrected chi connectivity index (χ3v) is 4.37. The molecule has 1 saturated heterocycles. The molecule has 3 rings (SSSR count). The van der Waals surface area contributed by atoms with Gasteiger partial charge >= 0.3 is 0 Å². The number of aliphatic hydroxyl groups is 1. The van der Waals surface area contributed by atoms with E-state index in [1.54, 1.807) is 0 Å². The zero-order chi connectivity index (χ0) is 11.7. The monoisotopic (exact) mass is 231 g/mol. The van der Waals surface area contributed by atoms with Crippen molar-refractivity contribution in [1.29, 1.82) is 0 Å². The number of hydrogen-bond donors (Lipinski definition) is 2. The Morgan fingerprint density at radius 1 is 1.29 bits per heavy atom. The van der Waals surface area contributed by atoms with Crippen molar-refractivity contribution >= 4 is 0 Å². The highest BCUT2D eigenvalue weighted by Gasteiger charge is 2.44. The van der Waals surface area contributed by atoms with Gasteiger partial charge < -0.3 is 10.4 Å². The molecule has 0 spiro atoms. The highest BCUT2D eigenvalue weighted by molar-refractivity contribution is 5.39. The fourth-order valence-corrected chi connectivity index (χ4v) is 3.08. The van der Waals surface area contributed by atoms with E-state index < -0.39 is 0 Å². The van der Waals surface area contributed by atoms with Crippen LogP contribution in [0.2, 0.25) is 0 Å². The molecule has 0 amide bonds. The SMILES string of the molecule is OCC1(c2ccccc2CC2CCCN2)CC1. The van der Waals surface area contributed by atoms with E-state index in [4.69, 9.17) is 0 Å². The summed E-state index contributed by atoms with van der Waals surface area (Å²) in [6.45, 7) is 1.47. The molecule has 1 atom stereocenters. The van der Waals surface area contributed by atoms with Gasteiger partial charge in [-0.05, 0) is 49.8 Å². The molecule has 1 saturated carbocycles. The standard InChI is InChI=1S/C15H21NO/c17-11-15(7-8-15)14-6-2-1-4-12(14)10-13-5-3-9-16-13/h1-2,4,6,13,16-17H,3,5,7-11H2. The lowest BCUT2D eigenvalue weighted by Gasteiger charge is -2.19. The quantitative estimate of drug-likeness (QED) is 0.831. The van der Waals surface area contributed by atoms with E-state index in [1.807, 2.05) is 0 Å². The van der Waals surface area contributed by atoms with E-state index in [1.165, 1.54) is 24.0 Å². The second-order valence-corrected chi connectivity index (χ2v) is 5.59. The van der Waals surface area contributed by atoms with Crippen LogP contribution in [0, 0.1) is 0 Å². The van der Waals surface area contributed by atoms with Crippen LogP contribution in [0.5, 0.6) is 0 Å². The van der Waals surface area contributed by atoms with Gasteiger partial charge in [0.25, 0.3) is 0 Å². The maximum Gasteiger partial charge on any atom is 0.0528 e. The molecule has 2 N–H and O–H groups in total. The molecule has 2 nitrogen and oxygen atoms in total. The Bertz CT molecular complexity index is 392. The predicted octanol–water partition coefficient (Wildman–Crippen LogP) is 2.00. The van der Waals surface area contributed by atoms with Crippen molar-refractivity contribution in [3.63, 3.8) is 0 Å². The van der Waals surface area contributed by atoms with Crippen molar-refractivity contribution in [3.8, 4) is 0 Å². The van der Waals surface area contributed by atoms with Crippen LogP contribution in [0.25, 0.3) is 0 Å². The number of rotatable bonds is 4. The fourth-order valence-electron chi connectivity index (χ4n) is 3.08. The Kier molecular flexibility index (Phi) is 2.93. The molecule has 92 valence electrons. The Morgan fingerprint density at radius 3 is 2.76 bits per heavy atom. The van der Waals surface area contributed by atoms with Crippen LogP contribution >= 0.6 is 0 Å². The Balaban J connectivity index is 1.83. The molecule has 1 aromatic rings. The first kappa shape index (κ1) is 11.2. The highest BCUT2D eigenvalue weighted by atomic mass is 16.3. The largest absolute Gasteiger partial charge is 0.395 e. The summed E-state index contributed by atoms with van der Waals surface area (Å²) in [5.74, 6) is 0. The second kappa shape index (κ2) is 4.43. The van der Waals surface area contributed by atoms with Crippen LogP contribution in [0.3, 0.4) is 0 Å². The summed E-state index contributed by atoms with van der Waals surface area (Å²) in [7, 11) is 0. The zero-order valence-electron chi connectivity index (χ0n) is 10.3. The average molecular weight is 231 g/mol. The van der Waals surface area contributed by atoms with Gasteiger partial charge in [-0.15, -0.1) is 0 Å². The number of nitrogens with one attached hydrogen (secondary N) is 1. The Morgan fingerprint density at radius 2 is 2.12 bits per heavy atom. The van der Waals surface area contributed by atoms with Gasteiger partial charge in [-0.2, -0.15) is 0 Å². The number of aliphatic hydroxyl groups excluding tert-OH is 1. The van der Waals surface area contributed by atoms with Gasteiger partial charge in [-0.25, -0.2) is 0 Å². The first-order valence-electron chi connectivity index (χ1n) is 6.77. The molecule has 0 bridgehead atoms. The molecule has 1 aromatic carbocycles. The molecule has 1 unspecified atom stereocenters. The molecule has 2 heteroatoms. The summed E-state index contributed by atoms with van der Waals surface area (Å²) >= 11 is 0. The molecule has 1 aliphatic heterocycles. The maximum atomic E-state index is 9.58. The summed E-state index contributed by atoms with van der Waals surface area (Å²) in [6, 6.07) is 9.34. The zero-order valence-corrected chi connectivity index (χ0v) is 10.3. The minimum atomic E-state index is 0.106. The van der Waals surface area contributed by atoms with Gasteiger partial charge in [0.2, 0.25) is 0 Å². The lowest BCUT2D eigenvalue weighted by Crippen LogP contribution is -2.25. The molecular weight excluding hydrogens is 210 g/mol. The predicted molar refractivity (Wildman–Crippen MR) is 69.2 cm³/mol. The van der Waals surface area contributed by atoms with Crippen molar-refractivity contribution in [3.05, 3.63) is 35.4 Å². The molecule has 0 aromatic heterocycles. The lowest BCUT2D eigenvalue weighted by atomic mass is 9.89. The van der Waals surface area contributed by atoms with E-state index in [0.29, 0.717) is 12.6 Å². The van der Waals surface area contributed by atoms with Gasteiger partial charge in [-0.1, -0.05) is 24.3 Å². The summed E-state index contributed by atoms with van der Waals surface area (Å²) in [5.41, 5.74) is 2.95. The molecule has 0 radical (unpaired) electrons. The van der Waals surface area contributed by atoms with Gasteiger partial charge in [0.15, 0.2) is 0 Å². The molecule has 1 heterocycles. The Labute approximate surface area is 103 Å². The van der Waals surface area contributed by atoms with Crippen LogP contribution in [0.15, 0.2) is 24.3 Å². The van der Waals surface area contributed by atoms with Gasteiger partial charge in [-0.3, -0.25) is 0 Å². The van der Waals surface area contributed by atoms with Crippen molar-refractivity contribution in [1.82, 2.24) is 5.32 Å². The van der Waals surface area contributed by atoms with Crippen molar-refractivity contribution < 1.29 is 5.11 Å². The van der Waals surface area contributed by atoms with E-state index in [2.05, 4.69) is 29.6 Å². The van der Waals surface area contributed by atoms with Crippen LogP contribution in [0.4, 0.5) is 0 Å². The summed E-state index contributed by atoms with van der Waals surface area (Å²) in [6.07, 6.45) is 6.02. The molecule has 2 fully saturated rings. The van der Waals surface area contributed by atoms with Crippen molar-refractivity contribution in [2.24, 2.45) is 0 Å². The van der Waals surface area contributed by atoms with Gasteiger partial charge in [0, 0.05) is 11.5 Å². The van der Waals surface area contributed by atoms with Gasteiger partial charge in [0.05, 0.1) is 6.61 Å². The summed E-state index contributed by atoms with van der Waals surface area (Å²) in [4.78, 5) is 0. The minimum absolute atomic E-state index is 0.106. The van der Waals surface area contributed by atoms with Crippen LogP contribution in [0.1, 0.15) is 36.8 Å². The van der Waals surface area contributed by atoms with E-state index in [9.17, 15) is 5.11 Å². The molecular formula is C15H21NO. The van der Waals surface area contributed by atoms with Crippen molar-refractivity contribution in [2.45, 2.75) is 43.6 Å². The third kappa shape index (κ3) is 2.12. The lowest BCUT2D eigenvalue weighted by molar-refractivity contribution is 0.254. The van der Waals surface area contributed by atoms with Crippen LogP contribution in [-0.2, 0) is 11.8 Å². The first-order valence-corrected chi connectivity index (χ1v) is 6.77. The Hall–Kier alpha value is -0.860. The topological polar surface area (TPSA) is 32.3 Å². The molecule has 1 aliphatic carbocycles. The maximum absolute atomic E-state index is 9.58. The van der Waals surface area contributed by atoms with E-state index in [-0.39, 0.29) is 5.41 Å². The van der Waals surface area contributed by atoms with Crippen LogP contribution < -0.4 is 5.32 Å². The second-order valence-electron chi connectivity index (χ2n) is 5.59. The number of hydrogen-bond acceptors (Lipinski definition) is 2. The average Bonchev–Trinajstić information content (AvgIpc) is 3.01. The highest BCUT2D eigenvalue weighted by Crippen LogP contribution is 2.49. The van der Waals surface area contributed by atoms with E-state index in [0.717, 1.165) is 25.8 Å². The van der Waals surface area contributed by atoms with Crippen LogP contribution in [-0.4, -0.2) is 24.3 Å². The van der Waals surface area contributed by atoms with Gasteiger partial charge in [0.1, 0.15) is 0 Å². The normalized spacial score (nSPS) is 26.1. The third-order valence-electron chi connectivity index (χ3n) is 4.37. The first-order chi connectivity index (χ1) is 8.34. The minimum Gasteiger partial charge on any atom is -0.395 e. The summed E-state index contributed by atoms with van der Waals surface area (Å²) in [5, 5.41) is 13.1. The summed E-state index contributed by atoms with van der Waals surface area (Å²) < 4.78 is 0. The van der Waals surface area contributed by atoms with E-state index >= 15 is 0 Å². The molecule has 17 heavy (non-hydrogen) atoms. The number of benzene rings is 1. The van der Waals surface area contributed by atoms with Crippen molar-refractivity contribution in [2.75, 3.05) is 13.2 Å². The smallest absolute Gasteiger partial charge is 0.0528 e. The fraction of sp³-hybridized carbons (Fsp3) is 0.600. The molecule has 2 aliphatic rings.